The third kappa shape index (κ3) is 3.42. The van der Waals surface area contributed by atoms with Crippen molar-refractivity contribution in [3.8, 4) is 0 Å². The maximum absolute atomic E-state index is 10.7. The average Bonchev–Trinajstić information content (AvgIpc) is 2.94. The molecule has 1 atom stereocenters. The molecule has 6 nitrogen and oxygen atoms in total. The zero-order valence-electron chi connectivity index (χ0n) is 11.6. The fraction of sp³-hybridized carbons (Fsp3) is 0.357. The fourth-order valence-corrected chi connectivity index (χ4v) is 1.94. The van der Waals surface area contributed by atoms with Gasteiger partial charge in [-0.2, -0.15) is 5.10 Å². The van der Waals surface area contributed by atoms with Crippen LogP contribution in [-0.4, -0.2) is 14.7 Å². The van der Waals surface area contributed by atoms with Crippen LogP contribution in [0.15, 0.2) is 36.7 Å². The summed E-state index contributed by atoms with van der Waals surface area (Å²) < 4.78 is 1.88. The van der Waals surface area contributed by atoms with Gasteiger partial charge in [0.05, 0.1) is 11.1 Å². The highest BCUT2D eigenvalue weighted by atomic mass is 16.6. The molecular formula is C14H18N4O2. The van der Waals surface area contributed by atoms with Crippen LogP contribution in [0.1, 0.15) is 31.0 Å². The molecule has 1 unspecified atom stereocenters. The van der Waals surface area contributed by atoms with Crippen molar-refractivity contribution in [1.29, 1.82) is 0 Å². The molecule has 0 radical (unpaired) electrons. The molecule has 0 fully saturated rings. The Kier molecular flexibility index (Phi) is 4.47. The highest BCUT2D eigenvalue weighted by Gasteiger charge is 2.09. The summed E-state index contributed by atoms with van der Waals surface area (Å²) in [4.78, 5) is 10.3. The molecule has 0 saturated carbocycles. The standard InChI is InChI=1S/C14H18N4O2/c1-3-17-10-13(9-16-17)11(2)15-8-12-5-4-6-14(7-12)18(19)20/h4-7,9-11,15H,3,8H2,1-2H3. The first-order valence-corrected chi connectivity index (χ1v) is 6.59. The van der Waals surface area contributed by atoms with Gasteiger partial charge in [0.1, 0.15) is 0 Å². The number of non-ortho nitro benzene ring substituents is 1. The monoisotopic (exact) mass is 274 g/mol. The molecule has 0 bridgehead atoms. The molecule has 0 aliphatic heterocycles. The smallest absolute Gasteiger partial charge is 0.269 e. The van der Waals surface area contributed by atoms with Gasteiger partial charge >= 0.3 is 0 Å². The van der Waals surface area contributed by atoms with Crippen LogP contribution in [-0.2, 0) is 13.1 Å². The number of rotatable bonds is 6. The molecule has 0 aliphatic rings. The molecule has 0 spiro atoms. The summed E-state index contributed by atoms with van der Waals surface area (Å²) in [6, 6.07) is 6.82. The Morgan fingerprint density at radius 3 is 2.95 bits per heavy atom. The largest absolute Gasteiger partial charge is 0.306 e. The number of nitrogens with one attached hydrogen (secondary N) is 1. The summed E-state index contributed by atoms with van der Waals surface area (Å²) in [5.41, 5.74) is 2.13. The lowest BCUT2D eigenvalue weighted by atomic mass is 10.1. The van der Waals surface area contributed by atoms with E-state index in [0.717, 1.165) is 17.7 Å². The normalized spacial score (nSPS) is 12.3. The minimum atomic E-state index is -0.377. The Hall–Kier alpha value is -2.21. The van der Waals surface area contributed by atoms with E-state index in [2.05, 4.69) is 10.4 Å². The third-order valence-corrected chi connectivity index (χ3v) is 3.21. The quantitative estimate of drug-likeness (QED) is 0.649. The van der Waals surface area contributed by atoms with Crippen molar-refractivity contribution in [3.63, 3.8) is 0 Å². The second kappa shape index (κ2) is 6.29. The second-order valence-electron chi connectivity index (χ2n) is 4.66. The second-order valence-corrected chi connectivity index (χ2v) is 4.66. The molecule has 0 amide bonds. The van der Waals surface area contributed by atoms with Crippen LogP contribution >= 0.6 is 0 Å². The Morgan fingerprint density at radius 1 is 1.50 bits per heavy atom. The van der Waals surface area contributed by atoms with E-state index in [0.29, 0.717) is 6.54 Å². The number of nitro groups is 1. The Balaban J connectivity index is 1.97. The summed E-state index contributed by atoms with van der Waals surface area (Å²) in [6.45, 7) is 5.52. The van der Waals surface area contributed by atoms with E-state index in [4.69, 9.17) is 0 Å². The highest BCUT2D eigenvalue weighted by Crippen LogP contribution is 2.15. The number of aromatic nitrogens is 2. The van der Waals surface area contributed by atoms with Gasteiger partial charge in [-0.3, -0.25) is 14.8 Å². The number of nitro benzene ring substituents is 1. The van der Waals surface area contributed by atoms with Gasteiger partial charge in [0.15, 0.2) is 0 Å². The average molecular weight is 274 g/mol. The molecule has 0 saturated heterocycles. The van der Waals surface area contributed by atoms with Crippen molar-refractivity contribution >= 4 is 5.69 Å². The van der Waals surface area contributed by atoms with Gasteiger partial charge in [0.2, 0.25) is 0 Å². The number of nitrogens with zero attached hydrogens (tertiary/aromatic N) is 3. The van der Waals surface area contributed by atoms with Crippen molar-refractivity contribution in [2.24, 2.45) is 0 Å². The van der Waals surface area contributed by atoms with E-state index in [9.17, 15) is 10.1 Å². The van der Waals surface area contributed by atoms with E-state index >= 15 is 0 Å². The van der Waals surface area contributed by atoms with Crippen molar-refractivity contribution in [1.82, 2.24) is 15.1 Å². The zero-order valence-corrected chi connectivity index (χ0v) is 11.6. The summed E-state index contributed by atoms with van der Waals surface area (Å²) in [5, 5.41) is 18.3. The van der Waals surface area contributed by atoms with E-state index in [1.54, 1.807) is 12.1 Å². The van der Waals surface area contributed by atoms with Crippen LogP contribution in [0.2, 0.25) is 0 Å². The van der Waals surface area contributed by atoms with Crippen LogP contribution in [0, 0.1) is 10.1 Å². The molecule has 1 aromatic carbocycles. The molecule has 20 heavy (non-hydrogen) atoms. The van der Waals surface area contributed by atoms with E-state index < -0.39 is 0 Å². The van der Waals surface area contributed by atoms with Gasteiger partial charge in [-0.05, 0) is 19.4 Å². The Morgan fingerprint density at radius 2 is 2.30 bits per heavy atom. The molecule has 106 valence electrons. The molecule has 0 aliphatic carbocycles. The SMILES string of the molecule is CCn1cc(C(C)NCc2cccc([N+](=O)[O-])c2)cn1. The van der Waals surface area contributed by atoms with Gasteiger partial charge in [-0.1, -0.05) is 12.1 Å². The Bertz CT molecular complexity index is 594. The van der Waals surface area contributed by atoms with E-state index in [1.807, 2.05) is 37.0 Å². The number of hydrogen-bond acceptors (Lipinski definition) is 4. The predicted molar refractivity (Wildman–Crippen MR) is 76.3 cm³/mol. The molecule has 1 N–H and O–H groups in total. The lowest BCUT2D eigenvalue weighted by Crippen LogP contribution is -2.17. The maximum atomic E-state index is 10.7. The van der Waals surface area contributed by atoms with Gasteiger partial charge in [0, 0.05) is 43.0 Å². The summed E-state index contributed by atoms with van der Waals surface area (Å²) in [7, 11) is 0. The van der Waals surface area contributed by atoms with Gasteiger partial charge < -0.3 is 5.32 Å². The van der Waals surface area contributed by atoms with Crippen LogP contribution in [0.25, 0.3) is 0 Å². The van der Waals surface area contributed by atoms with Crippen LogP contribution in [0.4, 0.5) is 5.69 Å². The maximum Gasteiger partial charge on any atom is 0.269 e. The van der Waals surface area contributed by atoms with Crippen LogP contribution in [0.3, 0.4) is 0 Å². The van der Waals surface area contributed by atoms with E-state index in [-0.39, 0.29) is 16.7 Å². The molecular weight excluding hydrogens is 256 g/mol. The lowest BCUT2D eigenvalue weighted by molar-refractivity contribution is -0.384. The topological polar surface area (TPSA) is 73.0 Å². The first-order chi connectivity index (χ1) is 9.60. The summed E-state index contributed by atoms with van der Waals surface area (Å²) in [6.07, 6.45) is 3.85. The molecule has 6 heteroatoms. The first-order valence-electron chi connectivity index (χ1n) is 6.59. The third-order valence-electron chi connectivity index (χ3n) is 3.21. The lowest BCUT2D eigenvalue weighted by Gasteiger charge is -2.11. The Labute approximate surface area is 117 Å². The molecule has 1 heterocycles. The fourth-order valence-electron chi connectivity index (χ4n) is 1.94. The highest BCUT2D eigenvalue weighted by molar-refractivity contribution is 5.34. The zero-order chi connectivity index (χ0) is 14.5. The van der Waals surface area contributed by atoms with E-state index in [1.165, 1.54) is 6.07 Å². The van der Waals surface area contributed by atoms with Gasteiger partial charge in [-0.25, -0.2) is 0 Å². The number of aryl methyl sites for hydroxylation is 1. The number of hydrogen-bond donors (Lipinski definition) is 1. The van der Waals surface area contributed by atoms with Crippen molar-refractivity contribution in [2.45, 2.75) is 33.0 Å². The van der Waals surface area contributed by atoms with Crippen molar-refractivity contribution < 1.29 is 4.92 Å². The molecule has 2 aromatic rings. The van der Waals surface area contributed by atoms with Gasteiger partial charge in [0.25, 0.3) is 5.69 Å². The minimum Gasteiger partial charge on any atom is -0.306 e. The molecule has 1 aromatic heterocycles. The first kappa shape index (κ1) is 14.2. The number of benzene rings is 1. The molecule has 2 rings (SSSR count). The van der Waals surface area contributed by atoms with Gasteiger partial charge in [-0.15, -0.1) is 0 Å². The predicted octanol–water partition coefficient (Wildman–Crippen LogP) is 2.66. The summed E-state index contributed by atoms with van der Waals surface area (Å²) in [5.74, 6) is 0. The van der Waals surface area contributed by atoms with Crippen molar-refractivity contribution in [2.75, 3.05) is 0 Å². The van der Waals surface area contributed by atoms with Crippen molar-refractivity contribution in [3.05, 3.63) is 57.9 Å². The summed E-state index contributed by atoms with van der Waals surface area (Å²) >= 11 is 0. The van der Waals surface area contributed by atoms with Crippen LogP contribution < -0.4 is 5.32 Å². The van der Waals surface area contributed by atoms with Crippen LogP contribution in [0.5, 0.6) is 0 Å². The minimum absolute atomic E-state index is 0.121.